The van der Waals surface area contributed by atoms with Crippen LogP contribution in [-0.4, -0.2) is 38.3 Å². The third kappa shape index (κ3) is 3.24. The molecule has 0 spiro atoms. The van der Waals surface area contributed by atoms with E-state index in [2.05, 4.69) is 51.4 Å². The zero-order valence-electron chi connectivity index (χ0n) is 17.1. The van der Waals surface area contributed by atoms with Crippen LogP contribution in [0.4, 0.5) is 0 Å². The summed E-state index contributed by atoms with van der Waals surface area (Å²) in [6, 6.07) is 16.6. The lowest BCUT2D eigenvalue weighted by molar-refractivity contribution is 0.205. The molecule has 0 fully saturated rings. The van der Waals surface area contributed by atoms with Crippen molar-refractivity contribution in [2.24, 2.45) is 0 Å². The van der Waals surface area contributed by atoms with Gasteiger partial charge >= 0.3 is 0 Å². The highest BCUT2D eigenvalue weighted by Gasteiger charge is 2.31. The fourth-order valence-electron chi connectivity index (χ4n) is 4.20. The first-order chi connectivity index (χ1) is 14.7. The van der Waals surface area contributed by atoms with Crippen molar-refractivity contribution >= 4 is 16.3 Å². The van der Waals surface area contributed by atoms with E-state index in [1.165, 1.54) is 22.5 Å². The molecule has 0 saturated carbocycles. The molecule has 30 heavy (non-hydrogen) atoms. The predicted octanol–water partition coefficient (Wildman–Crippen LogP) is 4.22. The van der Waals surface area contributed by atoms with E-state index in [0.29, 0.717) is 0 Å². The number of hydrogen-bond donors (Lipinski definition) is 1. The van der Waals surface area contributed by atoms with Crippen LogP contribution in [-0.2, 0) is 19.4 Å². The molecule has 3 heterocycles. The molecule has 1 aliphatic heterocycles. The van der Waals surface area contributed by atoms with E-state index in [-0.39, 0.29) is 11.9 Å². The molecule has 2 aromatic heterocycles. The van der Waals surface area contributed by atoms with Gasteiger partial charge in [-0.05, 0) is 35.2 Å². The Bertz CT molecular complexity index is 1200. The highest BCUT2D eigenvalue weighted by molar-refractivity contribution is 7.17. The van der Waals surface area contributed by atoms with Crippen molar-refractivity contribution in [3.8, 4) is 11.6 Å². The molecule has 0 unspecified atom stereocenters. The van der Waals surface area contributed by atoms with Crippen molar-refractivity contribution in [3.05, 3.63) is 75.9 Å². The normalized spacial score (nSPS) is 15.3. The number of aromatic hydroxyl groups is 1. The van der Waals surface area contributed by atoms with Gasteiger partial charge < -0.3 is 9.84 Å². The van der Waals surface area contributed by atoms with Crippen LogP contribution in [0, 0.1) is 0 Å². The Morgan fingerprint density at radius 3 is 2.77 bits per heavy atom. The summed E-state index contributed by atoms with van der Waals surface area (Å²) < 4.78 is 7.05. The summed E-state index contributed by atoms with van der Waals surface area (Å²) in [7, 11) is 1.68. The van der Waals surface area contributed by atoms with Gasteiger partial charge in [0.05, 0.1) is 18.0 Å². The molecule has 5 rings (SSSR count). The van der Waals surface area contributed by atoms with Gasteiger partial charge in [0, 0.05) is 19.5 Å². The highest BCUT2D eigenvalue weighted by atomic mass is 32.1. The summed E-state index contributed by atoms with van der Waals surface area (Å²) in [5, 5.41) is 15.6. The number of hydrogen-bond acceptors (Lipinski definition) is 6. The number of aryl methyl sites for hydroxylation is 1. The van der Waals surface area contributed by atoms with Crippen LogP contribution >= 0.6 is 11.3 Å². The molecule has 154 valence electrons. The van der Waals surface area contributed by atoms with Gasteiger partial charge in [0.25, 0.3) is 0 Å². The zero-order valence-corrected chi connectivity index (χ0v) is 17.9. The van der Waals surface area contributed by atoms with E-state index in [1.807, 2.05) is 19.1 Å². The van der Waals surface area contributed by atoms with E-state index >= 15 is 0 Å². The lowest BCUT2D eigenvalue weighted by Gasteiger charge is -2.35. The molecule has 1 aliphatic rings. The van der Waals surface area contributed by atoms with Gasteiger partial charge in [-0.2, -0.15) is 4.52 Å². The fourth-order valence-corrected chi connectivity index (χ4v) is 5.33. The van der Waals surface area contributed by atoms with Crippen LogP contribution in [0.15, 0.2) is 48.5 Å². The van der Waals surface area contributed by atoms with Crippen molar-refractivity contribution in [1.29, 1.82) is 0 Å². The van der Waals surface area contributed by atoms with Crippen molar-refractivity contribution < 1.29 is 9.84 Å². The van der Waals surface area contributed by atoms with E-state index in [4.69, 9.17) is 4.74 Å². The maximum absolute atomic E-state index is 11.1. The maximum atomic E-state index is 11.1. The molecule has 0 radical (unpaired) electrons. The van der Waals surface area contributed by atoms with Crippen molar-refractivity contribution in [1.82, 2.24) is 19.5 Å². The van der Waals surface area contributed by atoms with Crippen LogP contribution in [0.25, 0.3) is 4.96 Å². The lowest BCUT2D eigenvalue weighted by Crippen LogP contribution is -2.34. The van der Waals surface area contributed by atoms with E-state index in [1.54, 1.807) is 11.6 Å². The standard InChI is InChI=1S/C23H24N4O2S/c1-3-19-24-23-27(25-19)22(28)21(30-23)20(16-9-6-10-18(13-16)29-2)26-12-11-15-7-4-5-8-17(15)14-26/h4-10,13,20,28H,3,11-12,14H2,1-2H3/t20-/m1/s1. The topological polar surface area (TPSA) is 62.9 Å². The monoisotopic (exact) mass is 420 g/mol. The number of methoxy groups -OCH3 is 1. The van der Waals surface area contributed by atoms with Crippen LogP contribution < -0.4 is 4.74 Å². The Labute approximate surface area is 179 Å². The molecular formula is C23H24N4O2S. The Kier molecular flexibility index (Phi) is 4.92. The Hall–Kier alpha value is -2.90. The highest BCUT2D eigenvalue weighted by Crippen LogP contribution is 2.42. The molecule has 6 nitrogen and oxygen atoms in total. The van der Waals surface area contributed by atoms with Crippen molar-refractivity contribution in [2.75, 3.05) is 13.7 Å². The molecule has 0 aliphatic carbocycles. The number of ether oxygens (including phenoxy) is 1. The summed E-state index contributed by atoms with van der Waals surface area (Å²) in [6.07, 6.45) is 1.73. The van der Waals surface area contributed by atoms with E-state index in [0.717, 1.165) is 52.9 Å². The number of fused-ring (bicyclic) bond motifs is 2. The molecule has 1 N–H and O–H groups in total. The number of benzene rings is 2. The Morgan fingerprint density at radius 1 is 1.17 bits per heavy atom. The Balaban J connectivity index is 1.62. The van der Waals surface area contributed by atoms with Gasteiger partial charge in [-0.3, -0.25) is 4.90 Å². The smallest absolute Gasteiger partial charge is 0.230 e. The summed E-state index contributed by atoms with van der Waals surface area (Å²) in [6.45, 7) is 3.75. The largest absolute Gasteiger partial charge is 0.497 e. The first-order valence-corrected chi connectivity index (χ1v) is 11.0. The average Bonchev–Trinajstić information content (AvgIpc) is 3.33. The molecule has 2 aromatic carbocycles. The summed E-state index contributed by atoms with van der Waals surface area (Å²) in [5.74, 6) is 1.73. The average molecular weight is 421 g/mol. The van der Waals surface area contributed by atoms with Crippen LogP contribution in [0.3, 0.4) is 0 Å². The first kappa shape index (κ1) is 19.1. The lowest BCUT2D eigenvalue weighted by atomic mass is 9.95. The second-order valence-corrected chi connectivity index (χ2v) is 8.54. The van der Waals surface area contributed by atoms with Crippen LogP contribution in [0.1, 0.15) is 40.4 Å². The minimum absolute atomic E-state index is 0.105. The SMILES string of the molecule is CCc1nc2sc([C@@H](c3cccc(OC)c3)N3CCc4ccccc4C3)c(O)n2n1. The van der Waals surface area contributed by atoms with Gasteiger partial charge in [0.1, 0.15) is 5.75 Å². The van der Waals surface area contributed by atoms with E-state index in [9.17, 15) is 5.11 Å². The number of aromatic nitrogens is 3. The van der Waals surface area contributed by atoms with Gasteiger partial charge in [0.2, 0.25) is 10.8 Å². The van der Waals surface area contributed by atoms with Crippen molar-refractivity contribution in [3.63, 3.8) is 0 Å². The second kappa shape index (κ2) is 7.74. The fraction of sp³-hybridized carbons (Fsp3) is 0.304. The minimum atomic E-state index is -0.105. The van der Waals surface area contributed by atoms with Gasteiger partial charge in [0.15, 0.2) is 5.82 Å². The second-order valence-electron chi connectivity index (χ2n) is 7.53. The van der Waals surface area contributed by atoms with Crippen LogP contribution in [0.5, 0.6) is 11.6 Å². The number of thiazole rings is 1. The molecule has 7 heteroatoms. The first-order valence-electron chi connectivity index (χ1n) is 10.2. The molecular weight excluding hydrogens is 396 g/mol. The van der Waals surface area contributed by atoms with Gasteiger partial charge in [-0.1, -0.05) is 54.7 Å². The van der Waals surface area contributed by atoms with Gasteiger partial charge in [-0.15, -0.1) is 5.10 Å². The molecule has 1 atom stereocenters. The van der Waals surface area contributed by atoms with Crippen molar-refractivity contribution in [2.45, 2.75) is 32.4 Å². The molecule has 0 saturated heterocycles. The summed E-state index contributed by atoms with van der Waals surface area (Å²) >= 11 is 1.51. The summed E-state index contributed by atoms with van der Waals surface area (Å²) in [5.41, 5.74) is 3.82. The molecule has 0 bridgehead atoms. The number of nitrogens with zero attached hydrogens (tertiary/aromatic N) is 4. The predicted molar refractivity (Wildman–Crippen MR) is 117 cm³/mol. The van der Waals surface area contributed by atoms with E-state index < -0.39 is 0 Å². The number of rotatable bonds is 5. The quantitative estimate of drug-likeness (QED) is 0.524. The maximum Gasteiger partial charge on any atom is 0.230 e. The zero-order chi connectivity index (χ0) is 20.7. The molecule has 4 aromatic rings. The van der Waals surface area contributed by atoms with Gasteiger partial charge in [-0.25, -0.2) is 4.98 Å². The van der Waals surface area contributed by atoms with Crippen LogP contribution in [0.2, 0.25) is 0 Å². The minimum Gasteiger partial charge on any atom is -0.497 e. The Morgan fingerprint density at radius 2 is 2.00 bits per heavy atom. The summed E-state index contributed by atoms with van der Waals surface area (Å²) in [4.78, 5) is 8.58. The molecule has 0 amide bonds. The third-order valence-electron chi connectivity index (χ3n) is 5.74. The third-order valence-corrected chi connectivity index (χ3v) is 6.82.